The molecule has 1 aromatic carbocycles. The maximum atomic E-state index is 12.2. The molecule has 6 heteroatoms. The molecule has 0 aromatic heterocycles. The Morgan fingerprint density at radius 2 is 1.16 bits per heavy atom. The highest BCUT2D eigenvalue weighted by Gasteiger charge is 2.07. The van der Waals surface area contributed by atoms with Crippen LogP contribution in [0.15, 0.2) is 18.2 Å². The molecular formula is C25H44N4O2. The fourth-order valence-electron chi connectivity index (χ4n) is 3.39. The number of anilines is 2. The second-order valence-electron chi connectivity index (χ2n) is 8.33. The van der Waals surface area contributed by atoms with Crippen LogP contribution in [0.3, 0.4) is 0 Å². The molecule has 0 atom stereocenters. The summed E-state index contributed by atoms with van der Waals surface area (Å²) in [6.45, 7) is 7.71. The van der Waals surface area contributed by atoms with Crippen molar-refractivity contribution in [2.45, 2.75) is 97.8 Å². The van der Waals surface area contributed by atoms with Crippen LogP contribution in [0.4, 0.5) is 21.0 Å². The van der Waals surface area contributed by atoms with Crippen LogP contribution in [0.25, 0.3) is 0 Å². The number of urea groups is 2. The lowest BCUT2D eigenvalue weighted by Gasteiger charge is -2.13. The summed E-state index contributed by atoms with van der Waals surface area (Å²) in [6.07, 6.45) is 14.3. The molecule has 0 aliphatic heterocycles. The fraction of sp³-hybridized carbons (Fsp3) is 0.680. The number of rotatable bonds is 16. The van der Waals surface area contributed by atoms with Crippen LogP contribution in [0.5, 0.6) is 0 Å². The predicted molar refractivity (Wildman–Crippen MR) is 132 cm³/mol. The molecule has 0 saturated carbocycles. The van der Waals surface area contributed by atoms with Crippen LogP contribution in [-0.4, -0.2) is 25.2 Å². The zero-order chi connectivity index (χ0) is 22.7. The summed E-state index contributed by atoms with van der Waals surface area (Å²) >= 11 is 0. The minimum atomic E-state index is -0.212. The highest BCUT2D eigenvalue weighted by molar-refractivity contribution is 5.93. The molecule has 0 saturated heterocycles. The van der Waals surface area contributed by atoms with E-state index < -0.39 is 0 Å². The first-order valence-corrected chi connectivity index (χ1v) is 12.3. The minimum absolute atomic E-state index is 0.207. The van der Waals surface area contributed by atoms with Gasteiger partial charge >= 0.3 is 12.1 Å². The first kappa shape index (κ1) is 26.8. The molecule has 0 fully saturated rings. The van der Waals surface area contributed by atoms with E-state index in [4.69, 9.17) is 0 Å². The van der Waals surface area contributed by atoms with E-state index in [1.54, 1.807) is 6.07 Å². The van der Waals surface area contributed by atoms with Gasteiger partial charge in [0.1, 0.15) is 0 Å². The van der Waals surface area contributed by atoms with Crippen molar-refractivity contribution < 1.29 is 9.59 Å². The van der Waals surface area contributed by atoms with Gasteiger partial charge in [0.2, 0.25) is 0 Å². The van der Waals surface area contributed by atoms with Crippen molar-refractivity contribution in [3.63, 3.8) is 0 Å². The maximum absolute atomic E-state index is 12.2. The third kappa shape index (κ3) is 13.6. The smallest absolute Gasteiger partial charge is 0.319 e. The number of aryl methyl sites for hydroxylation is 1. The molecule has 0 spiro atoms. The largest absolute Gasteiger partial charge is 0.338 e. The summed E-state index contributed by atoms with van der Waals surface area (Å²) in [6, 6.07) is 5.12. The van der Waals surface area contributed by atoms with Gasteiger partial charge in [-0.25, -0.2) is 9.59 Å². The standard InChI is InChI=1S/C25H44N4O2/c1-4-6-8-10-12-14-18-26-24(30)28-22-17-16-21(3)23(20-22)29-25(31)27-19-15-13-11-9-7-5-2/h16-17,20H,4-15,18-19H2,1-3H3,(H2,26,28,30)(H2,27,29,31). The van der Waals surface area contributed by atoms with E-state index in [-0.39, 0.29) is 12.1 Å². The molecule has 4 N–H and O–H groups in total. The van der Waals surface area contributed by atoms with Gasteiger partial charge < -0.3 is 21.3 Å². The van der Waals surface area contributed by atoms with Gasteiger partial charge in [-0.15, -0.1) is 0 Å². The number of amides is 4. The summed E-state index contributed by atoms with van der Waals surface area (Å²) in [5.74, 6) is 0. The summed E-state index contributed by atoms with van der Waals surface area (Å²) in [5, 5.41) is 11.6. The maximum Gasteiger partial charge on any atom is 0.319 e. The Labute approximate surface area is 189 Å². The topological polar surface area (TPSA) is 82.3 Å². The van der Waals surface area contributed by atoms with Gasteiger partial charge in [-0.05, 0) is 37.5 Å². The monoisotopic (exact) mass is 432 g/mol. The molecule has 1 rings (SSSR count). The molecule has 0 radical (unpaired) electrons. The molecule has 0 aliphatic carbocycles. The van der Waals surface area contributed by atoms with Crippen molar-refractivity contribution in [3.05, 3.63) is 23.8 Å². The van der Waals surface area contributed by atoms with Crippen LogP contribution in [0.1, 0.15) is 96.5 Å². The molecule has 31 heavy (non-hydrogen) atoms. The van der Waals surface area contributed by atoms with E-state index in [2.05, 4.69) is 35.1 Å². The Hall–Kier alpha value is -2.24. The Balaban J connectivity index is 2.30. The zero-order valence-electron chi connectivity index (χ0n) is 19.9. The van der Waals surface area contributed by atoms with Gasteiger partial charge in [0.25, 0.3) is 0 Å². The van der Waals surface area contributed by atoms with Crippen LogP contribution in [0.2, 0.25) is 0 Å². The second kappa shape index (κ2) is 17.4. The number of carbonyl (C=O) groups excluding carboxylic acids is 2. The molecular weight excluding hydrogens is 388 g/mol. The summed E-state index contributed by atoms with van der Waals surface area (Å²) in [7, 11) is 0. The molecule has 6 nitrogen and oxygen atoms in total. The van der Waals surface area contributed by atoms with E-state index in [0.717, 1.165) is 31.2 Å². The van der Waals surface area contributed by atoms with Crippen molar-refractivity contribution in [1.29, 1.82) is 0 Å². The second-order valence-corrected chi connectivity index (χ2v) is 8.33. The molecule has 176 valence electrons. The highest BCUT2D eigenvalue weighted by atomic mass is 16.2. The van der Waals surface area contributed by atoms with Crippen molar-refractivity contribution in [2.24, 2.45) is 0 Å². The number of carbonyl (C=O) groups is 2. The third-order valence-electron chi connectivity index (χ3n) is 5.38. The lowest BCUT2D eigenvalue weighted by Crippen LogP contribution is -2.30. The highest BCUT2D eigenvalue weighted by Crippen LogP contribution is 2.20. The Bertz CT molecular complexity index is 634. The SMILES string of the molecule is CCCCCCCCNC(=O)Nc1ccc(C)c(NC(=O)NCCCCCCCC)c1. The first-order valence-electron chi connectivity index (χ1n) is 12.3. The Kier molecular flexibility index (Phi) is 15.1. The van der Waals surface area contributed by atoms with Gasteiger partial charge in [-0.2, -0.15) is 0 Å². The van der Waals surface area contributed by atoms with E-state index in [1.807, 2.05) is 19.1 Å². The van der Waals surface area contributed by atoms with Crippen LogP contribution in [-0.2, 0) is 0 Å². The first-order chi connectivity index (χ1) is 15.1. The number of hydrogen-bond donors (Lipinski definition) is 4. The summed E-state index contributed by atoms with van der Waals surface area (Å²) < 4.78 is 0. The van der Waals surface area contributed by atoms with Gasteiger partial charge in [0, 0.05) is 24.5 Å². The van der Waals surface area contributed by atoms with Crippen molar-refractivity contribution in [3.8, 4) is 0 Å². The molecule has 4 amide bonds. The zero-order valence-corrected chi connectivity index (χ0v) is 19.9. The molecule has 0 unspecified atom stereocenters. The van der Waals surface area contributed by atoms with Crippen LogP contribution < -0.4 is 21.3 Å². The normalized spacial score (nSPS) is 10.5. The third-order valence-corrected chi connectivity index (χ3v) is 5.38. The van der Waals surface area contributed by atoms with E-state index in [0.29, 0.717) is 24.5 Å². The molecule has 0 aliphatic rings. The van der Waals surface area contributed by atoms with Gasteiger partial charge in [0.15, 0.2) is 0 Å². The summed E-state index contributed by atoms with van der Waals surface area (Å²) in [5.41, 5.74) is 2.32. The lowest BCUT2D eigenvalue weighted by atomic mass is 10.1. The molecule has 0 bridgehead atoms. The van der Waals surface area contributed by atoms with E-state index in [1.165, 1.54) is 51.4 Å². The predicted octanol–water partition coefficient (Wildman–Crippen LogP) is 6.96. The van der Waals surface area contributed by atoms with E-state index in [9.17, 15) is 9.59 Å². The van der Waals surface area contributed by atoms with Crippen LogP contribution >= 0.6 is 0 Å². The molecule has 0 heterocycles. The quantitative estimate of drug-likeness (QED) is 0.213. The van der Waals surface area contributed by atoms with Crippen molar-refractivity contribution in [1.82, 2.24) is 10.6 Å². The van der Waals surface area contributed by atoms with Crippen LogP contribution in [0, 0.1) is 6.92 Å². The van der Waals surface area contributed by atoms with Gasteiger partial charge in [-0.3, -0.25) is 0 Å². The fourth-order valence-corrected chi connectivity index (χ4v) is 3.39. The number of hydrogen-bond acceptors (Lipinski definition) is 2. The van der Waals surface area contributed by atoms with E-state index >= 15 is 0 Å². The average Bonchev–Trinajstić information content (AvgIpc) is 2.75. The number of unbranched alkanes of at least 4 members (excludes halogenated alkanes) is 10. The van der Waals surface area contributed by atoms with Gasteiger partial charge in [-0.1, -0.05) is 84.1 Å². The number of nitrogens with one attached hydrogen (secondary N) is 4. The minimum Gasteiger partial charge on any atom is -0.338 e. The Morgan fingerprint density at radius 3 is 1.71 bits per heavy atom. The summed E-state index contributed by atoms with van der Waals surface area (Å²) in [4.78, 5) is 24.3. The average molecular weight is 433 g/mol. The lowest BCUT2D eigenvalue weighted by molar-refractivity contribution is 0.251. The van der Waals surface area contributed by atoms with Crippen molar-refractivity contribution >= 4 is 23.4 Å². The van der Waals surface area contributed by atoms with Gasteiger partial charge in [0.05, 0.1) is 0 Å². The Morgan fingerprint density at radius 1 is 0.677 bits per heavy atom. The molecule has 1 aromatic rings. The number of benzene rings is 1. The van der Waals surface area contributed by atoms with Crippen molar-refractivity contribution in [2.75, 3.05) is 23.7 Å².